The predicted molar refractivity (Wildman–Crippen MR) is 235 cm³/mol. The second-order valence-corrected chi connectivity index (χ2v) is 17.0. The van der Waals surface area contributed by atoms with E-state index >= 15 is 0 Å². The average molecular weight is 865 g/mol. The van der Waals surface area contributed by atoms with Crippen LogP contribution in [0.25, 0.3) is 11.1 Å². The molecule has 1 aliphatic heterocycles. The van der Waals surface area contributed by atoms with Gasteiger partial charge in [0.15, 0.2) is 12.4 Å². The van der Waals surface area contributed by atoms with Crippen LogP contribution in [0.15, 0.2) is 140 Å². The van der Waals surface area contributed by atoms with Gasteiger partial charge in [0.25, 0.3) is 0 Å². The quantitative estimate of drug-likeness (QED) is 0.0355. The summed E-state index contributed by atoms with van der Waals surface area (Å²) in [5.41, 5.74) is 6.99. The van der Waals surface area contributed by atoms with E-state index in [1.807, 2.05) is 129 Å². The third-order valence-corrected chi connectivity index (χ3v) is 12.3. The zero-order chi connectivity index (χ0) is 43.0. The molecule has 11 nitrogen and oxygen atoms in total. The van der Waals surface area contributed by atoms with E-state index in [0.717, 1.165) is 51.8 Å². The van der Waals surface area contributed by atoms with Crippen molar-refractivity contribution in [3.63, 3.8) is 0 Å². The molecular formula is C50H57O11P. The minimum absolute atomic E-state index is 0.0121. The fraction of sp³-hybridized carbons (Fsp3) is 0.380. The highest BCUT2D eigenvalue weighted by atomic mass is 31.2. The number of carbonyl (C=O) groups is 1. The summed E-state index contributed by atoms with van der Waals surface area (Å²) >= 11 is 0. The summed E-state index contributed by atoms with van der Waals surface area (Å²) in [6.45, 7) is 4.77. The first-order valence-corrected chi connectivity index (χ1v) is 23.1. The van der Waals surface area contributed by atoms with Crippen molar-refractivity contribution in [2.24, 2.45) is 0 Å². The maximum atomic E-state index is 14.5. The first-order valence-electron chi connectivity index (χ1n) is 21.6. The Morgan fingerprint density at radius 3 is 1.60 bits per heavy atom. The number of carbonyl (C=O) groups excluding carboxylic acids is 1. The molecule has 5 aromatic rings. The highest BCUT2D eigenvalue weighted by Gasteiger charge is 2.53. The van der Waals surface area contributed by atoms with Gasteiger partial charge in [0.05, 0.1) is 39.6 Å². The van der Waals surface area contributed by atoms with Crippen LogP contribution in [0.1, 0.15) is 73.3 Å². The molecule has 1 heterocycles. The molecule has 0 radical (unpaired) electrons. The van der Waals surface area contributed by atoms with Gasteiger partial charge in [-0.15, -0.1) is 0 Å². The molecule has 5 atom stereocenters. The standard InChI is InChI=1S/C50H57O11P/c1-3-5-30-57-62(52,58-31-6-4-2)61-49-48(55-34-39-24-14-9-15-25-39)47(60-50(51)56-35-44-42-28-18-16-26-40(42)41-27-17-19-29-43(41)44)46(54-33-38-22-12-8-13-23-38)45(59-49)36-53-32-37-20-10-7-11-21-37/h7-29,44-49H,3-6,30-36H2,1-2H3/t45-,46+,47+,48-,49+/m1/s1. The monoisotopic (exact) mass is 864 g/mol. The van der Waals surface area contributed by atoms with E-state index in [9.17, 15) is 9.36 Å². The number of hydrogen-bond donors (Lipinski definition) is 0. The minimum atomic E-state index is -4.27. The summed E-state index contributed by atoms with van der Waals surface area (Å²) in [5, 5.41) is 0. The lowest BCUT2D eigenvalue weighted by Crippen LogP contribution is -2.62. The van der Waals surface area contributed by atoms with Gasteiger partial charge in [0, 0.05) is 5.92 Å². The molecule has 0 spiro atoms. The molecule has 2 aliphatic rings. The second-order valence-electron chi connectivity index (χ2n) is 15.4. The molecule has 62 heavy (non-hydrogen) atoms. The van der Waals surface area contributed by atoms with E-state index in [0.29, 0.717) is 12.8 Å². The van der Waals surface area contributed by atoms with Gasteiger partial charge in [-0.1, -0.05) is 166 Å². The molecule has 0 amide bonds. The predicted octanol–water partition coefficient (Wildman–Crippen LogP) is 11.2. The van der Waals surface area contributed by atoms with Gasteiger partial charge in [0.2, 0.25) is 0 Å². The lowest BCUT2D eigenvalue weighted by molar-refractivity contribution is -0.305. The Morgan fingerprint density at radius 1 is 0.581 bits per heavy atom. The first kappa shape index (κ1) is 45.3. The number of ether oxygens (including phenoxy) is 6. The Labute approximate surface area is 365 Å². The largest absolute Gasteiger partial charge is 0.508 e. The molecule has 0 unspecified atom stereocenters. The molecule has 1 aliphatic carbocycles. The van der Waals surface area contributed by atoms with Crippen LogP contribution in [0.3, 0.4) is 0 Å². The van der Waals surface area contributed by atoms with Crippen LogP contribution in [0.5, 0.6) is 0 Å². The van der Waals surface area contributed by atoms with E-state index in [4.69, 9.17) is 42.0 Å². The van der Waals surface area contributed by atoms with Gasteiger partial charge in [-0.2, -0.15) is 0 Å². The molecule has 1 saturated heterocycles. The summed E-state index contributed by atoms with van der Waals surface area (Å²) in [4.78, 5) is 14.2. The fourth-order valence-corrected chi connectivity index (χ4v) is 8.94. The smallest absolute Gasteiger partial charge is 0.433 e. The lowest BCUT2D eigenvalue weighted by atomic mass is 9.98. The maximum Gasteiger partial charge on any atom is 0.508 e. The zero-order valence-corrected chi connectivity index (χ0v) is 36.4. The lowest BCUT2D eigenvalue weighted by Gasteiger charge is -2.45. The van der Waals surface area contributed by atoms with Crippen LogP contribution >= 0.6 is 7.82 Å². The van der Waals surface area contributed by atoms with Crippen LogP contribution in [0, 0.1) is 0 Å². The summed E-state index contributed by atoms with van der Waals surface area (Å²) in [6, 6.07) is 45.2. The number of phosphoric ester groups is 1. The molecule has 1 fully saturated rings. The summed E-state index contributed by atoms with van der Waals surface area (Å²) in [5.74, 6) is -0.207. The highest BCUT2D eigenvalue weighted by molar-refractivity contribution is 7.48. The molecule has 7 rings (SSSR count). The van der Waals surface area contributed by atoms with Crippen molar-refractivity contribution in [1.29, 1.82) is 0 Å². The Bertz CT molecular complexity index is 2100. The number of rotatable bonds is 23. The van der Waals surface area contributed by atoms with E-state index in [2.05, 4.69) is 24.3 Å². The van der Waals surface area contributed by atoms with E-state index in [1.165, 1.54) is 0 Å². The number of phosphoric acid groups is 1. The molecule has 0 N–H and O–H groups in total. The van der Waals surface area contributed by atoms with Crippen LogP contribution in [0.2, 0.25) is 0 Å². The first-order chi connectivity index (χ1) is 30.4. The number of unbranched alkanes of at least 4 members (excludes halogenated alkanes) is 2. The third-order valence-electron chi connectivity index (χ3n) is 10.8. The van der Waals surface area contributed by atoms with Crippen molar-refractivity contribution >= 4 is 14.0 Å². The molecule has 12 heteroatoms. The molecule has 0 bridgehead atoms. The summed E-state index contributed by atoms with van der Waals surface area (Å²) in [6.07, 6.45) is -3.84. The third kappa shape index (κ3) is 12.3. The molecular weight excluding hydrogens is 808 g/mol. The fourth-order valence-electron chi connectivity index (χ4n) is 7.61. The summed E-state index contributed by atoms with van der Waals surface area (Å²) < 4.78 is 71.3. The molecule has 0 saturated carbocycles. The van der Waals surface area contributed by atoms with E-state index < -0.39 is 44.7 Å². The van der Waals surface area contributed by atoms with Gasteiger partial charge < -0.3 is 28.4 Å². The van der Waals surface area contributed by atoms with Crippen molar-refractivity contribution < 1.29 is 51.4 Å². The Morgan fingerprint density at radius 2 is 1.06 bits per heavy atom. The Hall–Kier alpha value is -4.68. The van der Waals surface area contributed by atoms with Gasteiger partial charge in [-0.3, -0.25) is 13.6 Å². The molecule has 0 aromatic heterocycles. The van der Waals surface area contributed by atoms with Gasteiger partial charge in [-0.05, 0) is 51.8 Å². The summed E-state index contributed by atoms with van der Waals surface area (Å²) in [7, 11) is -4.27. The number of benzene rings is 5. The SMILES string of the molecule is CCCCOP(=O)(OCCCC)O[C@@H]1O[C@H](COCc2ccccc2)[C@H](OCc2ccccc2)[C@H](OC(=O)OCC2c3ccccc3-c3ccccc32)[C@H]1OCc1ccccc1. The van der Waals surface area contributed by atoms with E-state index in [1.54, 1.807) is 0 Å². The van der Waals surface area contributed by atoms with Gasteiger partial charge in [-0.25, -0.2) is 9.36 Å². The zero-order valence-electron chi connectivity index (χ0n) is 35.5. The molecule has 5 aromatic carbocycles. The van der Waals surface area contributed by atoms with Crippen LogP contribution in [-0.4, -0.2) is 63.3 Å². The maximum absolute atomic E-state index is 14.5. The Kier molecular flexibility index (Phi) is 16.9. The normalized spacial score (nSPS) is 19.7. The second kappa shape index (κ2) is 23.1. The Balaban J connectivity index is 1.22. The molecule has 328 valence electrons. The van der Waals surface area contributed by atoms with Gasteiger partial charge >= 0.3 is 14.0 Å². The van der Waals surface area contributed by atoms with E-state index in [-0.39, 0.29) is 52.2 Å². The topological polar surface area (TPSA) is 117 Å². The van der Waals surface area contributed by atoms with Crippen molar-refractivity contribution in [3.05, 3.63) is 167 Å². The average Bonchev–Trinajstić information content (AvgIpc) is 3.62. The highest BCUT2D eigenvalue weighted by Crippen LogP contribution is 2.53. The van der Waals surface area contributed by atoms with Gasteiger partial charge in [0.1, 0.15) is 24.9 Å². The van der Waals surface area contributed by atoms with Crippen LogP contribution in [-0.2, 0) is 66.4 Å². The minimum Gasteiger partial charge on any atom is -0.433 e. The van der Waals surface area contributed by atoms with Crippen molar-refractivity contribution in [3.8, 4) is 11.1 Å². The van der Waals surface area contributed by atoms with Crippen molar-refractivity contribution in [2.45, 2.75) is 96.0 Å². The van der Waals surface area contributed by atoms with Crippen LogP contribution < -0.4 is 0 Å². The van der Waals surface area contributed by atoms with Crippen molar-refractivity contribution in [1.82, 2.24) is 0 Å². The van der Waals surface area contributed by atoms with Crippen molar-refractivity contribution in [2.75, 3.05) is 26.4 Å². The van der Waals surface area contributed by atoms with Crippen LogP contribution in [0.4, 0.5) is 4.79 Å². The number of fused-ring (bicyclic) bond motifs is 3. The number of hydrogen-bond acceptors (Lipinski definition) is 11.